The van der Waals surface area contributed by atoms with E-state index in [0.717, 1.165) is 18.7 Å². The van der Waals surface area contributed by atoms with Crippen LogP contribution >= 0.6 is 0 Å². The zero-order chi connectivity index (χ0) is 18.1. The summed E-state index contributed by atoms with van der Waals surface area (Å²) in [7, 11) is 0. The Morgan fingerprint density at radius 1 is 1.23 bits per heavy atom. The quantitative estimate of drug-likeness (QED) is 0.872. The Balaban J connectivity index is 1.60. The second-order valence-corrected chi connectivity index (χ2v) is 6.42. The van der Waals surface area contributed by atoms with Gasteiger partial charge < -0.3 is 15.0 Å². The highest BCUT2D eigenvalue weighted by atomic mass is 16.4. The van der Waals surface area contributed by atoms with E-state index in [2.05, 4.69) is 15.1 Å². The molecule has 0 radical (unpaired) electrons. The van der Waals surface area contributed by atoms with Gasteiger partial charge in [-0.1, -0.05) is 18.2 Å². The van der Waals surface area contributed by atoms with Crippen LogP contribution in [-0.2, 0) is 9.59 Å². The van der Waals surface area contributed by atoms with E-state index in [-0.39, 0.29) is 24.1 Å². The number of imidazole rings is 1. The Morgan fingerprint density at radius 2 is 2.04 bits per heavy atom. The number of amides is 1. The number of aromatic amines is 1. The smallest absolute Gasteiger partial charge is 0.328 e. The van der Waals surface area contributed by atoms with Crippen LogP contribution in [0.25, 0.3) is 0 Å². The number of hydrazone groups is 1. The predicted molar refractivity (Wildman–Crippen MR) is 94.7 cm³/mol. The number of hydrogen-bond donors (Lipinski definition) is 2. The molecule has 0 saturated carbocycles. The largest absolute Gasteiger partial charge is 0.480 e. The Hall–Kier alpha value is -3.16. The number of hydrogen-bond acceptors (Lipinski definition) is 5. The Labute approximate surface area is 150 Å². The lowest BCUT2D eigenvalue weighted by atomic mass is 10.1. The van der Waals surface area contributed by atoms with Crippen molar-refractivity contribution in [2.24, 2.45) is 5.10 Å². The number of carboxylic acid groups (broad SMARTS) is 1. The van der Waals surface area contributed by atoms with Crippen LogP contribution in [0.1, 0.15) is 31.1 Å². The minimum atomic E-state index is -0.996. The maximum absolute atomic E-state index is 13.0. The summed E-state index contributed by atoms with van der Waals surface area (Å²) in [6.07, 6.45) is 5.21. The maximum atomic E-state index is 13.0. The van der Waals surface area contributed by atoms with Gasteiger partial charge in [-0.05, 0) is 25.0 Å². The molecule has 4 rings (SSSR count). The maximum Gasteiger partial charge on any atom is 0.328 e. The normalized spacial score (nSPS) is 22.5. The molecule has 1 aromatic carbocycles. The first kappa shape index (κ1) is 16.3. The van der Waals surface area contributed by atoms with Gasteiger partial charge in [0.15, 0.2) is 6.04 Å². The summed E-state index contributed by atoms with van der Waals surface area (Å²) in [5.74, 6) is -0.456. The monoisotopic (exact) mass is 353 g/mol. The lowest BCUT2D eigenvalue weighted by Crippen LogP contribution is -2.37. The SMILES string of the molecule is O=C(O)C1CC(C(=O)N2CCCC2c2ncc[nH]2)=NN1c1ccccc1. The summed E-state index contributed by atoms with van der Waals surface area (Å²) < 4.78 is 0. The zero-order valence-electron chi connectivity index (χ0n) is 14.1. The second kappa shape index (κ2) is 6.62. The van der Waals surface area contributed by atoms with Gasteiger partial charge in [-0.15, -0.1) is 0 Å². The number of carbonyl (C=O) groups excluding carboxylic acids is 1. The average molecular weight is 353 g/mol. The number of aliphatic carboxylic acids is 1. The van der Waals surface area contributed by atoms with Gasteiger partial charge in [0.25, 0.3) is 5.91 Å². The summed E-state index contributed by atoms with van der Waals surface area (Å²) in [5, 5.41) is 15.3. The van der Waals surface area contributed by atoms with E-state index in [9.17, 15) is 14.7 Å². The molecule has 2 aliphatic rings. The molecule has 0 aliphatic carbocycles. The highest BCUT2D eigenvalue weighted by Crippen LogP contribution is 2.32. The molecular formula is C18H19N5O3. The third-order valence-corrected chi connectivity index (χ3v) is 4.81. The number of para-hydroxylation sites is 1. The number of carbonyl (C=O) groups is 2. The molecule has 2 aromatic rings. The van der Waals surface area contributed by atoms with E-state index in [1.54, 1.807) is 29.4 Å². The molecule has 26 heavy (non-hydrogen) atoms. The Morgan fingerprint density at radius 3 is 2.73 bits per heavy atom. The molecule has 2 unspecified atom stereocenters. The first-order valence-corrected chi connectivity index (χ1v) is 8.60. The summed E-state index contributed by atoms with van der Waals surface area (Å²) >= 11 is 0. The van der Waals surface area contributed by atoms with Crippen molar-refractivity contribution in [1.82, 2.24) is 14.9 Å². The van der Waals surface area contributed by atoms with Crippen molar-refractivity contribution in [3.8, 4) is 0 Å². The number of nitrogens with one attached hydrogen (secondary N) is 1. The number of nitrogens with zero attached hydrogens (tertiary/aromatic N) is 4. The number of anilines is 1. The topological polar surface area (TPSA) is 102 Å². The van der Waals surface area contributed by atoms with Gasteiger partial charge in [0.2, 0.25) is 0 Å². The molecular weight excluding hydrogens is 334 g/mol. The van der Waals surface area contributed by atoms with Crippen LogP contribution < -0.4 is 5.01 Å². The predicted octanol–water partition coefficient (Wildman–Crippen LogP) is 1.79. The van der Waals surface area contributed by atoms with Crippen LogP contribution in [0.2, 0.25) is 0 Å². The van der Waals surface area contributed by atoms with Crippen molar-refractivity contribution in [3.05, 3.63) is 48.5 Å². The molecule has 1 amide bonds. The molecule has 8 heteroatoms. The molecule has 1 aromatic heterocycles. The van der Waals surface area contributed by atoms with E-state index in [0.29, 0.717) is 12.2 Å². The van der Waals surface area contributed by atoms with E-state index < -0.39 is 12.0 Å². The van der Waals surface area contributed by atoms with Crippen molar-refractivity contribution in [3.63, 3.8) is 0 Å². The molecule has 2 aliphatic heterocycles. The fourth-order valence-electron chi connectivity index (χ4n) is 3.57. The number of carboxylic acids is 1. The molecule has 2 N–H and O–H groups in total. The van der Waals surface area contributed by atoms with E-state index in [1.165, 1.54) is 5.01 Å². The summed E-state index contributed by atoms with van der Waals surface area (Å²) in [6.45, 7) is 0.617. The van der Waals surface area contributed by atoms with Crippen molar-refractivity contribution in [2.45, 2.75) is 31.3 Å². The minimum Gasteiger partial charge on any atom is -0.480 e. The third kappa shape index (κ3) is 2.83. The molecule has 8 nitrogen and oxygen atoms in total. The first-order valence-electron chi connectivity index (χ1n) is 8.60. The molecule has 2 atom stereocenters. The summed E-state index contributed by atoms with van der Waals surface area (Å²) in [4.78, 5) is 33.8. The van der Waals surface area contributed by atoms with E-state index in [4.69, 9.17) is 0 Å². The Bertz CT molecular complexity index is 834. The molecule has 134 valence electrons. The second-order valence-electron chi connectivity index (χ2n) is 6.42. The molecule has 0 bridgehead atoms. The highest BCUT2D eigenvalue weighted by Gasteiger charge is 2.40. The van der Waals surface area contributed by atoms with Gasteiger partial charge in [-0.2, -0.15) is 5.10 Å². The van der Waals surface area contributed by atoms with Gasteiger partial charge >= 0.3 is 5.97 Å². The van der Waals surface area contributed by atoms with Crippen LogP contribution in [-0.4, -0.2) is 50.1 Å². The van der Waals surface area contributed by atoms with Crippen LogP contribution in [0.3, 0.4) is 0 Å². The number of likely N-dealkylation sites (tertiary alicyclic amines) is 1. The van der Waals surface area contributed by atoms with Crippen LogP contribution in [0, 0.1) is 0 Å². The molecule has 1 fully saturated rings. The van der Waals surface area contributed by atoms with Crippen molar-refractivity contribution in [1.29, 1.82) is 0 Å². The van der Waals surface area contributed by atoms with Crippen molar-refractivity contribution in [2.75, 3.05) is 11.6 Å². The minimum absolute atomic E-state index is 0.0877. The van der Waals surface area contributed by atoms with Gasteiger partial charge in [0.05, 0.1) is 11.7 Å². The lowest BCUT2D eigenvalue weighted by molar-refractivity contribution is -0.138. The summed E-state index contributed by atoms with van der Waals surface area (Å²) in [6, 6.07) is 8.07. The molecule has 1 saturated heterocycles. The number of benzene rings is 1. The molecule has 0 spiro atoms. The fourth-order valence-corrected chi connectivity index (χ4v) is 3.57. The zero-order valence-corrected chi connectivity index (χ0v) is 14.1. The standard InChI is InChI=1S/C18H19N5O3/c24-17(22-10-4-7-14(22)16-19-8-9-20-16)13-11-15(18(25)26)23(21-13)12-5-2-1-3-6-12/h1-3,5-6,8-9,14-15H,4,7,10-11H2,(H,19,20)(H,25,26). The van der Waals surface area contributed by atoms with Gasteiger partial charge in [-0.3, -0.25) is 9.80 Å². The van der Waals surface area contributed by atoms with Crippen LogP contribution in [0.15, 0.2) is 47.8 Å². The van der Waals surface area contributed by atoms with Gasteiger partial charge in [-0.25, -0.2) is 9.78 Å². The Kier molecular flexibility index (Phi) is 4.16. The van der Waals surface area contributed by atoms with E-state index in [1.807, 2.05) is 18.2 Å². The average Bonchev–Trinajstić information content (AvgIpc) is 3.41. The third-order valence-electron chi connectivity index (χ3n) is 4.81. The van der Waals surface area contributed by atoms with Crippen molar-refractivity contribution < 1.29 is 14.7 Å². The number of H-pyrrole nitrogens is 1. The van der Waals surface area contributed by atoms with Crippen LogP contribution in [0.5, 0.6) is 0 Å². The van der Waals surface area contributed by atoms with Gasteiger partial charge in [0, 0.05) is 25.4 Å². The first-order chi connectivity index (χ1) is 12.6. The number of rotatable bonds is 4. The fraction of sp³-hybridized carbons (Fsp3) is 0.333. The van der Waals surface area contributed by atoms with Crippen LogP contribution in [0.4, 0.5) is 5.69 Å². The van der Waals surface area contributed by atoms with E-state index >= 15 is 0 Å². The lowest BCUT2D eigenvalue weighted by Gasteiger charge is -2.22. The molecule has 3 heterocycles. The van der Waals surface area contributed by atoms with Crippen molar-refractivity contribution >= 4 is 23.3 Å². The van der Waals surface area contributed by atoms with Gasteiger partial charge in [0.1, 0.15) is 11.5 Å². The highest BCUT2D eigenvalue weighted by molar-refractivity contribution is 6.40. The number of aromatic nitrogens is 2. The summed E-state index contributed by atoms with van der Waals surface area (Å²) in [5.41, 5.74) is 0.936.